The Morgan fingerprint density at radius 1 is 1.00 bits per heavy atom. The summed E-state index contributed by atoms with van der Waals surface area (Å²) >= 11 is 12.5. The van der Waals surface area contributed by atoms with Gasteiger partial charge in [-0.1, -0.05) is 53.5 Å². The first-order valence-electron chi connectivity index (χ1n) is 8.90. The van der Waals surface area contributed by atoms with E-state index in [0.717, 1.165) is 11.1 Å². The van der Waals surface area contributed by atoms with Gasteiger partial charge in [-0.2, -0.15) is 5.10 Å². The van der Waals surface area contributed by atoms with Crippen molar-refractivity contribution in [3.05, 3.63) is 100 Å². The predicted molar refractivity (Wildman–Crippen MR) is 114 cm³/mol. The van der Waals surface area contributed by atoms with Crippen LogP contribution in [0, 0.1) is 0 Å². The summed E-state index contributed by atoms with van der Waals surface area (Å²) in [6.07, 6.45) is 3.40. The average Bonchev–Trinajstić information content (AvgIpc) is 3.18. The van der Waals surface area contributed by atoms with E-state index in [1.54, 1.807) is 41.3 Å². The molecule has 1 amide bonds. The van der Waals surface area contributed by atoms with Crippen LogP contribution >= 0.6 is 23.2 Å². The van der Waals surface area contributed by atoms with Crippen LogP contribution in [0.1, 0.15) is 16.1 Å². The van der Waals surface area contributed by atoms with Crippen molar-refractivity contribution in [1.82, 2.24) is 20.1 Å². The number of carbonyl (C=O) groups is 1. The highest BCUT2D eigenvalue weighted by Crippen LogP contribution is 2.28. The molecule has 4 aromatic rings. The normalized spacial score (nSPS) is 10.7. The van der Waals surface area contributed by atoms with Crippen LogP contribution in [0.2, 0.25) is 10.0 Å². The number of nitrogens with zero attached hydrogens (tertiary/aromatic N) is 3. The number of rotatable bonds is 5. The van der Waals surface area contributed by atoms with E-state index in [4.69, 9.17) is 23.2 Å². The summed E-state index contributed by atoms with van der Waals surface area (Å²) < 4.78 is 1.57. The van der Waals surface area contributed by atoms with Crippen molar-refractivity contribution >= 4 is 29.1 Å². The van der Waals surface area contributed by atoms with Crippen LogP contribution in [0.25, 0.3) is 16.9 Å². The maximum absolute atomic E-state index is 13.0. The molecule has 0 unspecified atom stereocenters. The Bertz CT molecular complexity index is 1160. The average molecular weight is 423 g/mol. The molecule has 2 aromatic carbocycles. The van der Waals surface area contributed by atoms with Crippen LogP contribution in [-0.2, 0) is 6.54 Å². The van der Waals surface area contributed by atoms with Gasteiger partial charge in [0.2, 0.25) is 0 Å². The molecular weight excluding hydrogens is 407 g/mol. The van der Waals surface area contributed by atoms with Crippen molar-refractivity contribution in [3.63, 3.8) is 0 Å². The first kappa shape index (κ1) is 19.2. The minimum absolute atomic E-state index is 0.264. The second-order valence-electron chi connectivity index (χ2n) is 6.33. The molecule has 0 saturated heterocycles. The van der Waals surface area contributed by atoms with Crippen LogP contribution < -0.4 is 5.32 Å². The number of pyridine rings is 1. The molecule has 7 heteroatoms. The molecule has 0 aliphatic carbocycles. The fraction of sp³-hybridized carbons (Fsp3) is 0.0455. The molecule has 0 atom stereocenters. The Morgan fingerprint density at radius 3 is 2.62 bits per heavy atom. The Balaban J connectivity index is 1.72. The third-order valence-corrected chi connectivity index (χ3v) is 4.89. The molecule has 0 fully saturated rings. The lowest BCUT2D eigenvalue weighted by atomic mass is 10.1. The third kappa shape index (κ3) is 4.31. The Morgan fingerprint density at radius 2 is 1.86 bits per heavy atom. The maximum Gasteiger partial charge on any atom is 0.270 e. The van der Waals surface area contributed by atoms with E-state index in [1.165, 1.54) is 0 Å². The third-order valence-electron chi connectivity index (χ3n) is 4.32. The highest BCUT2D eigenvalue weighted by atomic mass is 35.5. The van der Waals surface area contributed by atoms with Gasteiger partial charge in [-0.15, -0.1) is 0 Å². The molecule has 2 heterocycles. The van der Waals surface area contributed by atoms with Crippen molar-refractivity contribution in [3.8, 4) is 16.9 Å². The molecule has 144 valence electrons. The lowest BCUT2D eigenvalue weighted by molar-refractivity contribution is 0.0943. The number of aromatic nitrogens is 3. The van der Waals surface area contributed by atoms with Crippen molar-refractivity contribution in [2.75, 3.05) is 0 Å². The van der Waals surface area contributed by atoms with E-state index in [-0.39, 0.29) is 5.91 Å². The van der Waals surface area contributed by atoms with Gasteiger partial charge >= 0.3 is 0 Å². The summed E-state index contributed by atoms with van der Waals surface area (Å²) in [6, 6.07) is 20.0. The second-order valence-corrected chi connectivity index (χ2v) is 7.17. The van der Waals surface area contributed by atoms with Gasteiger partial charge in [-0.3, -0.25) is 9.78 Å². The number of amides is 1. The van der Waals surface area contributed by atoms with Crippen LogP contribution in [0.4, 0.5) is 0 Å². The van der Waals surface area contributed by atoms with Crippen molar-refractivity contribution < 1.29 is 4.79 Å². The van der Waals surface area contributed by atoms with Gasteiger partial charge in [0.1, 0.15) is 5.69 Å². The van der Waals surface area contributed by atoms with Crippen LogP contribution in [-0.4, -0.2) is 20.7 Å². The van der Waals surface area contributed by atoms with E-state index in [2.05, 4.69) is 15.4 Å². The highest BCUT2D eigenvalue weighted by Gasteiger charge is 2.19. The molecule has 0 bridgehead atoms. The second kappa shape index (κ2) is 8.47. The van der Waals surface area contributed by atoms with E-state index in [9.17, 15) is 4.79 Å². The van der Waals surface area contributed by atoms with E-state index in [1.807, 2.05) is 42.5 Å². The molecule has 0 aliphatic heterocycles. The van der Waals surface area contributed by atoms with Crippen LogP contribution in [0.5, 0.6) is 0 Å². The number of benzene rings is 2. The van der Waals surface area contributed by atoms with Gasteiger partial charge in [0, 0.05) is 29.5 Å². The summed E-state index contributed by atoms with van der Waals surface area (Å²) in [4.78, 5) is 17.0. The first-order chi connectivity index (χ1) is 14.1. The highest BCUT2D eigenvalue weighted by molar-refractivity contribution is 6.33. The Hall–Kier alpha value is -3.15. The molecule has 0 spiro atoms. The van der Waals surface area contributed by atoms with Crippen molar-refractivity contribution in [2.45, 2.75) is 6.54 Å². The number of hydrogen-bond acceptors (Lipinski definition) is 3. The fourth-order valence-corrected chi connectivity index (χ4v) is 3.34. The molecular formula is C22H16Cl2N4O. The summed E-state index contributed by atoms with van der Waals surface area (Å²) in [6.45, 7) is 0.356. The zero-order valence-electron chi connectivity index (χ0n) is 15.2. The zero-order valence-corrected chi connectivity index (χ0v) is 16.7. The van der Waals surface area contributed by atoms with Crippen molar-refractivity contribution in [1.29, 1.82) is 0 Å². The summed E-state index contributed by atoms with van der Waals surface area (Å²) in [7, 11) is 0. The molecule has 0 aliphatic rings. The number of nitrogens with one attached hydrogen (secondary N) is 1. The van der Waals surface area contributed by atoms with Gasteiger partial charge in [0.05, 0.1) is 16.4 Å². The molecule has 4 rings (SSSR count). The van der Waals surface area contributed by atoms with E-state index >= 15 is 0 Å². The van der Waals surface area contributed by atoms with E-state index < -0.39 is 0 Å². The predicted octanol–water partition coefficient (Wildman–Crippen LogP) is 5.17. The standard InChI is InChI=1S/C22H16Cl2N4O/c23-16-6-3-7-17(11-16)28-21(22(29)26-14-15-5-4-10-25-13-15)12-20(27-28)18-8-1-2-9-19(18)24/h1-13H,14H2,(H,26,29). The Labute approximate surface area is 177 Å². The number of hydrogen-bond donors (Lipinski definition) is 1. The Kier molecular flexibility index (Phi) is 5.60. The summed E-state index contributed by atoms with van der Waals surface area (Å²) in [5.41, 5.74) is 3.31. The molecule has 0 radical (unpaired) electrons. The van der Waals surface area contributed by atoms with Gasteiger partial charge < -0.3 is 5.32 Å². The minimum atomic E-state index is -0.264. The number of carbonyl (C=O) groups excluding carboxylic acids is 1. The minimum Gasteiger partial charge on any atom is -0.347 e. The smallest absolute Gasteiger partial charge is 0.270 e. The fourth-order valence-electron chi connectivity index (χ4n) is 2.92. The van der Waals surface area contributed by atoms with Gasteiger partial charge in [-0.05, 0) is 42.0 Å². The van der Waals surface area contributed by atoms with E-state index in [0.29, 0.717) is 33.7 Å². The molecule has 5 nitrogen and oxygen atoms in total. The molecule has 1 N–H and O–H groups in total. The molecule has 29 heavy (non-hydrogen) atoms. The van der Waals surface area contributed by atoms with Crippen molar-refractivity contribution in [2.24, 2.45) is 0 Å². The largest absolute Gasteiger partial charge is 0.347 e. The van der Waals surface area contributed by atoms with Gasteiger partial charge in [-0.25, -0.2) is 4.68 Å². The molecule has 2 aromatic heterocycles. The lowest BCUT2D eigenvalue weighted by Crippen LogP contribution is -2.25. The molecule has 0 saturated carbocycles. The van der Waals surface area contributed by atoms with Gasteiger partial charge in [0.25, 0.3) is 5.91 Å². The summed E-state index contributed by atoms with van der Waals surface area (Å²) in [5, 5.41) is 8.66. The number of halogens is 2. The SMILES string of the molecule is O=C(NCc1cccnc1)c1cc(-c2ccccc2Cl)nn1-c1cccc(Cl)c1. The summed E-state index contributed by atoms with van der Waals surface area (Å²) in [5.74, 6) is -0.264. The van der Waals surface area contributed by atoms with Gasteiger partial charge in [0.15, 0.2) is 0 Å². The van der Waals surface area contributed by atoms with Crippen LogP contribution in [0.3, 0.4) is 0 Å². The lowest BCUT2D eigenvalue weighted by Gasteiger charge is -2.08. The van der Waals surface area contributed by atoms with Crippen LogP contribution in [0.15, 0.2) is 79.1 Å². The monoisotopic (exact) mass is 422 g/mol. The quantitative estimate of drug-likeness (QED) is 0.482. The zero-order chi connectivity index (χ0) is 20.2. The topological polar surface area (TPSA) is 59.8 Å². The maximum atomic E-state index is 13.0. The first-order valence-corrected chi connectivity index (χ1v) is 9.65.